The van der Waals surface area contributed by atoms with Crippen molar-refractivity contribution >= 4 is 5.97 Å². The lowest BCUT2D eigenvalue weighted by atomic mass is 10.8. The summed E-state index contributed by atoms with van der Waals surface area (Å²) in [4.78, 5) is 9.82. The fraction of sp³-hybridized carbons (Fsp3) is 0.429. The molecule has 0 rings (SSSR count). The van der Waals surface area contributed by atoms with Gasteiger partial charge in [0.2, 0.25) is 0 Å². The third-order valence-corrected chi connectivity index (χ3v) is 0.439. The second-order valence-electron chi connectivity index (χ2n) is 1.26. The van der Waals surface area contributed by atoms with Crippen LogP contribution in [0.4, 0.5) is 0 Å². The highest BCUT2D eigenvalue weighted by Gasteiger charge is 1.81. The molecule has 0 unspecified atom stereocenters. The van der Waals surface area contributed by atoms with Gasteiger partial charge in [0, 0.05) is 13.0 Å². The monoisotopic (exact) mass is 141 g/mol. The van der Waals surface area contributed by atoms with E-state index in [2.05, 4.69) is 11.3 Å². The van der Waals surface area contributed by atoms with Gasteiger partial charge in [0.05, 0.1) is 12.7 Å². The first kappa shape index (κ1) is 11.5. The third-order valence-electron chi connectivity index (χ3n) is 0.439. The normalized spacial score (nSPS) is 6.10. The standard InChI is InChI=1S/C4H8O2.C3H3N/c1-3-6-4(2)5;1-2-3-4/h3H2,1-2H3;2H,1H2. The molecule has 56 valence electrons. The van der Waals surface area contributed by atoms with Crippen molar-refractivity contribution in [3.8, 4) is 6.07 Å². The second-order valence-corrected chi connectivity index (χ2v) is 1.26. The molecule has 0 N–H and O–H groups in total. The van der Waals surface area contributed by atoms with Gasteiger partial charge in [0.25, 0.3) is 0 Å². The summed E-state index contributed by atoms with van der Waals surface area (Å²) < 4.78 is 4.40. The lowest BCUT2D eigenvalue weighted by Gasteiger charge is -1.89. The van der Waals surface area contributed by atoms with Gasteiger partial charge in [-0.1, -0.05) is 6.58 Å². The van der Waals surface area contributed by atoms with E-state index in [0.29, 0.717) is 6.61 Å². The molecular weight excluding hydrogens is 130 g/mol. The van der Waals surface area contributed by atoms with Crippen molar-refractivity contribution in [2.45, 2.75) is 13.8 Å². The maximum absolute atomic E-state index is 9.82. The van der Waals surface area contributed by atoms with Crippen LogP contribution in [0.3, 0.4) is 0 Å². The molecule has 0 radical (unpaired) electrons. The van der Waals surface area contributed by atoms with Gasteiger partial charge in [-0.2, -0.15) is 5.26 Å². The molecule has 0 spiro atoms. The van der Waals surface area contributed by atoms with Crippen LogP contribution in [0, 0.1) is 11.3 Å². The minimum absolute atomic E-state index is 0.211. The quantitative estimate of drug-likeness (QED) is 0.408. The first-order chi connectivity index (χ1) is 4.68. The van der Waals surface area contributed by atoms with Crippen molar-refractivity contribution in [3.63, 3.8) is 0 Å². The van der Waals surface area contributed by atoms with Gasteiger partial charge in [-0.05, 0) is 6.92 Å². The van der Waals surface area contributed by atoms with Gasteiger partial charge in [0.1, 0.15) is 0 Å². The topological polar surface area (TPSA) is 50.1 Å². The Morgan fingerprint density at radius 3 is 2.30 bits per heavy atom. The smallest absolute Gasteiger partial charge is 0.302 e. The average molecular weight is 141 g/mol. The molecule has 0 aliphatic heterocycles. The highest BCUT2D eigenvalue weighted by Crippen LogP contribution is 1.69. The first-order valence-electron chi connectivity index (χ1n) is 2.82. The van der Waals surface area contributed by atoms with E-state index in [9.17, 15) is 4.79 Å². The summed E-state index contributed by atoms with van der Waals surface area (Å²) in [5.41, 5.74) is 0. The van der Waals surface area contributed by atoms with Crippen LogP contribution in [-0.2, 0) is 9.53 Å². The Hall–Kier alpha value is -1.30. The van der Waals surface area contributed by atoms with Gasteiger partial charge in [-0.3, -0.25) is 4.79 Å². The average Bonchev–Trinajstić information content (AvgIpc) is 1.89. The van der Waals surface area contributed by atoms with Gasteiger partial charge in [-0.15, -0.1) is 0 Å². The molecule has 0 bridgehead atoms. The molecule has 0 aromatic rings. The van der Waals surface area contributed by atoms with E-state index >= 15 is 0 Å². The SMILES string of the molecule is C=CC#N.CCOC(C)=O. The van der Waals surface area contributed by atoms with E-state index < -0.39 is 0 Å². The number of carbonyl (C=O) groups is 1. The minimum Gasteiger partial charge on any atom is -0.466 e. The Balaban J connectivity index is 0. The highest BCUT2D eigenvalue weighted by molar-refractivity contribution is 5.65. The van der Waals surface area contributed by atoms with E-state index in [1.807, 2.05) is 0 Å². The number of allylic oxidation sites excluding steroid dienone is 1. The third kappa shape index (κ3) is 29.9. The van der Waals surface area contributed by atoms with Crippen LogP contribution in [0.1, 0.15) is 13.8 Å². The maximum Gasteiger partial charge on any atom is 0.302 e. The van der Waals surface area contributed by atoms with Crippen molar-refractivity contribution in [1.82, 2.24) is 0 Å². The highest BCUT2D eigenvalue weighted by atomic mass is 16.5. The Morgan fingerprint density at radius 2 is 2.30 bits per heavy atom. The zero-order chi connectivity index (χ0) is 8.41. The maximum atomic E-state index is 9.82. The Morgan fingerprint density at radius 1 is 1.90 bits per heavy atom. The molecule has 3 nitrogen and oxygen atoms in total. The second kappa shape index (κ2) is 10.6. The summed E-state index contributed by atoms with van der Waals surface area (Å²) in [6.45, 7) is 6.77. The number of ether oxygens (including phenoxy) is 1. The van der Waals surface area contributed by atoms with E-state index in [0.717, 1.165) is 0 Å². The number of esters is 1. The molecule has 0 heterocycles. The number of carbonyl (C=O) groups excluding carboxylic acids is 1. The van der Waals surface area contributed by atoms with Crippen LogP contribution in [0.2, 0.25) is 0 Å². The molecule has 0 aromatic carbocycles. The van der Waals surface area contributed by atoms with Crippen LogP contribution in [0.15, 0.2) is 12.7 Å². The summed E-state index contributed by atoms with van der Waals surface area (Å²) in [6.07, 6.45) is 1.18. The summed E-state index contributed by atoms with van der Waals surface area (Å²) in [7, 11) is 0. The summed E-state index contributed by atoms with van der Waals surface area (Å²) >= 11 is 0. The largest absolute Gasteiger partial charge is 0.466 e. The zero-order valence-electron chi connectivity index (χ0n) is 6.26. The number of rotatable bonds is 1. The van der Waals surface area contributed by atoms with Crippen LogP contribution in [0.5, 0.6) is 0 Å². The molecule has 0 atom stereocenters. The molecule has 3 heteroatoms. The molecule has 0 amide bonds. The van der Waals surface area contributed by atoms with Crippen molar-refractivity contribution < 1.29 is 9.53 Å². The van der Waals surface area contributed by atoms with Crippen molar-refractivity contribution in [1.29, 1.82) is 5.26 Å². The number of hydrogen-bond donors (Lipinski definition) is 0. The number of nitriles is 1. The summed E-state index contributed by atoms with van der Waals surface area (Å²) in [5.74, 6) is -0.211. The molecule has 0 aliphatic rings. The van der Waals surface area contributed by atoms with Crippen LogP contribution < -0.4 is 0 Å². The van der Waals surface area contributed by atoms with Crippen molar-refractivity contribution in [2.24, 2.45) is 0 Å². The summed E-state index contributed by atoms with van der Waals surface area (Å²) in [5, 5.41) is 7.51. The van der Waals surface area contributed by atoms with Crippen LogP contribution in [0.25, 0.3) is 0 Å². The Bertz CT molecular complexity index is 135. The van der Waals surface area contributed by atoms with Crippen molar-refractivity contribution in [3.05, 3.63) is 12.7 Å². The first-order valence-corrected chi connectivity index (χ1v) is 2.82. The summed E-state index contributed by atoms with van der Waals surface area (Å²) in [6, 6.07) is 1.69. The van der Waals surface area contributed by atoms with Crippen molar-refractivity contribution in [2.75, 3.05) is 6.61 Å². The lowest BCUT2D eigenvalue weighted by molar-refractivity contribution is -0.140. The predicted octanol–water partition coefficient (Wildman–Crippen LogP) is 1.27. The number of hydrogen-bond acceptors (Lipinski definition) is 3. The molecule has 0 saturated carbocycles. The van der Waals surface area contributed by atoms with Gasteiger partial charge in [-0.25, -0.2) is 0 Å². The van der Waals surface area contributed by atoms with Gasteiger partial charge >= 0.3 is 5.97 Å². The lowest BCUT2D eigenvalue weighted by Crippen LogP contribution is -1.95. The van der Waals surface area contributed by atoms with Gasteiger partial charge < -0.3 is 4.74 Å². The van der Waals surface area contributed by atoms with Crippen LogP contribution >= 0.6 is 0 Å². The van der Waals surface area contributed by atoms with E-state index in [-0.39, 0.29) is 5.97 Å². The fourth-order valence-electron chi connectivity index (χ4n) is 0.203. The molecule has 10 heavy (non-hydrogen) atoms. The molecule has 0 aromatic heterocycles. The molecular formula is C7H11NO2. The van der Waals surface area contributed by atoms with E-state index in [4.69, 9.17) is 5.26 Å². The Kier molecular flexibility index (Phi) is 12.2. The van der Waals surface area contributed by atoms with Crippen LogP contribution in [-0.4, -0.2) is 12.6 Å². The number of nitrogens with zero attached hydrogens (tertiary/aromatic N) is 1. The predicted molar refractivity (Wildman–Crippen MR) is 38.1 cm³/mol. The zero-order valence-corrected chi connectivity index (χ0v) is 6.26. The van der Waals surface area contributed by atoms with E-state index in [1.54, 1.807) is 13.0 Å². The molecule has 0 fully saturated rings. The minimum atomic E-state index is -0.211. The molecule has 0 aliphatic carbocycles. The van der Waals surface area contributed by atoms with E-state index in [1.165, 1.54) is 13.0 Å². The van der Waals surface area contributed by atoms with Gasteiger partial charge in [0.15, 0.2) is 0 Å². The Labute approximate surface area is 60.9 Å². The molecule has 0 saturated heterocycles. The fourth-order valence-corrected chi connectivity index (χ4v) is 0.203.